The Morgan fingerprint density at radius 1 is 1.00 bits per heavy atom. The number of hydrogen-bond acceptors (Lipinski definition) is 2. The van der Waals surface area contributed by atoms with Crippen molar-refractivity contribution in [3.8, 4) is 16.9 Å². The van der Waals surface area contributed by atoms with Crippen LogP contribution in [0.25, 0.3) is 26.2 Å². The van der Waals surface area contributed by atoms with Gasteiger partial charge in [0.15, 0.2) is 0 Å². The van der Waals surface area contributed by atoms with Crippen LogP contribution in [0.5, 0.6) is 5.75 Å². The zero-order valence-corrected chi connectivity index (χ0v) is 12.8. The number of fused-ring (bicyclic) bond motifs is 3. The fourth-order valence-electron chi connectivity index (χ4n) is 2.83. The van der Waals surface area contributed by atoms with Gasteiger partial charge < -0.3 is 9.14 Å². The average molecular weight is 293 g/mol. The third-order valence-corrected chi connectivity index (χ3v) is 5.01. The number of thiazole rings is 1. The van der Waals surface area contributed by atoms with Crippen LogP contribution in [0, 0.1) is 6.92 Å². The number of aromatic nitrogens is 1. The minimum absolute atomic E-state index is 0.891. The highest BCUT2D eigenvalue weighted by molar-refractivity contribution is 7.24. The topological polar surface area (TPSA) is 13.6 Å². The second-order valence-corrected chi connectivity index (χ2v) is 6.17. The van der Waals surface area contributed by atoms with Crippen molar-refractivity contribution >= 4 is 26.4 Å². The van der Waals surface area contributed by atoms with E-state index < -0.39 is 0 Å². The summed E-state index contributed by atoms with van der Waals surface area (Å²) in [6.07, 6.45) is 0. The molecule has 0 radical (unpaired) electrons. The van der Waals surface area contributed by atoms with Gasteiger partial charge in [-0.1, -0.05) is 24.3 Å². The van der Waals surface area contributed by atoms with E-state index >= 15 is 0 Å². The first-order valence-electron chi connectivity index (χ1n) is 6.92. The summed E-state index contributed by atoms with van der Waals surface area (Å²) in [6.45, 7) is 2.17. The van der Waals surface area contributed by atoms with Crippen LogP contribution in [-0.2, 0) is 0 Å². The van der Waals surface area contributed by atoms with Crippen molar-refractivity contribution in [1.82, 2.24) is 4.40 Å². The van der Waals surface area contributed by atoms with E-state index in [0.29, 0.717) is 0 Å². The molecular weight excluding hydrogens is 278 g/mol. The van der Waals surface area contributed by atoms with Crippen LogP contribution in [0.4, 0.5) is 0 Å². The Bertz CT molecular complexity index is 931. The van der Waals surface area contributed by atoms with Crippen molar-refractivity contribution in [3.05, 3.63) is 60.3 Å². The molecule has 0 bridgehead atoms. The van der Waals surface area contributed by atoms with Crippen molar-refractivity contribution in [2.24, 2.45) is 0 Å². The number of rotatable bonds is 2. The summed E-state index contributed by atoms with van der Waals surface area (Å²) in [5.74, 6) is 0.891. The first-order chi connectivity index (χ1) is 10.3. The van der Waals surface area contributed by atoms with Gasteiger partial charge in [-0.15, -0.1) is 11.3 Å². The monoisotopic (exact) mass is 293 g/mol. The fraction of sp³-hybridized carbons (Fsp3) is 0.111. The number of para-hydroxylation sites is 1. The Labute approximate surface area is 127 Å². The SMILES string of the molecule is COc1ccc(-c2cc(C)n3c2sc2ccccc23)cc1. The second kappa shape index (κ2) is 4.64. The molecule has 0 N–H and O–H groups in total. The van der Waals surface area contributed by atoms with E-state index in [1.54, 1.807) is 7.11 Å². The number of aryl methyl sites for hydroxylation is 1. The molecule has 104 valence electrons. The number of nitrogens with zero attached hydrogens (tertiary/aromatic N) is 1. The third-order valence-electron chi connectivity index (χ3n) is 3.85. The molecule has 4 rings (SSSR count). The smallest absolute Gasteiger partial charge is 0.118 e. The van der Waals surface area contributed by atoms with Gasteiger partial charge in [0.25, 0.3) is 0 Å². The van der Waals surface area contributed by atoms with E-state index in [9.17, 15) is 0 Å². The predicted octanol–water partition coefficient (Wildman–Crippen LogP) is 5.14. The van der Waals surface area contributed by atoms with Crippen LogP contribution in [0.15, 0.2) is 54.6 Å². The molecule has 0 aliphatic rings. The molecule has 2 nitrogen and oxygen atoms in total. The molecule has 21 heavy (non-hydrogen) atoms. The van der Waals surface area contributed by atoms with Gasteiger partial charge in [-0.2, -0.15) is 0 Å². The van der Waals surface area contributed by atoms with Crippen LogP contribution in [0.3, 0.4) is 0 Å². The summed E-state index contributed by atoms with van der Waals surface area (Å²) in [7, 11) is 1.70. The second-order valence-electron chi connectivity index (χ2n) is 5.14. The molecular formula is C18H15NOS. The molecule has 0 saturated heterocycles. The Hall–Kier alpha value is -2.26. The van der Waals surface area contributed by atoms with Gasteiger partial charge in [0, 0.05) is 11.3 Å². The molecule has 0 unspecified atom stereocenters. The number of hydrogen-bond donors (Lipinski definition) is 0. The zero-order valence-electron chi connectivity index (χ0n) is 12.0. The van der Waals surface area contributed by atoms with Crippen molar-refractivity contribution in [1.29, 1.82) is 0 Å². The fourth-order valence-corrected chi connectivity index (χ4v) is 4.06. The summed E-state index contributed by atoms with van der Waals surface area (Å²) >= 11 is 1.85. The van der Waals surface area contributed by atoms with Gasteiger partial charge in [0.2, 0.25) is 0 Å². The van der Waals surface area contributed by atoms with Gasteiger partial charge in [-0.3, -0.25) is 0 Å². The molecule has 3 heteroatoms. The highest BCUT2D eigenvalue weighted by Gasteiger charge is 2.13. The van der Waals surface area contributed by atoms with E-state index in [-0.39, 0.29) is 0 Å². The van der Waals surface area contributed by atoms with Gasteiger partial charge in [0.05, 0.1) is 17.3 Å². The molecule has 2 heterocycles. The first-order valence-corrected chi connectivity index (χ1v) is 7.73. The lowest BCUT2D eigenvalue weighted by molar-refractivity contribution is 0.415. The van der Waals surface area contributed by atoms with Crippen molar-refractivity contribution < 1.29 is 4.74 Å². The lowest BCUT2D eigenvalue weighted by Crippen LogP contribution is -1.82. The summed E-state index contributed by atoms with van der Waals surface area (Å²) in [5, 5.41) is 0. The summed E-state index contributed by atoms with van der Waals surface area (Å²) < 4.78 is 8.91. The van der Waals surface area contributed by atoms with Crippen LogP contribution in [-0.4, -0.2) is 11.5 Å². The van der Waals surface area contributed by atoms with Crippen LogP contribution < -0.4 is 4.74 Å². The largest absolute Gasteiger partial charge is 0.497 e. The van der Waals surface area contributed by atoms with Gasteiger partial charge >= 0.3 is 0 Å². The summed E-state index contributed by atoms with van der Waals surface area (Å²) in [4.78, 5) is 1.30. The average Bonchev–Trinajstić information content (AvgIpc) is 3.05. The lowest BCUT2D eigenvalue weighted by atomic mass is 10.1. The van der Waals surface area contributed by atoms with Gasteiger partial charge in [-0.05, 0) is 42.8 Å². The molecule has 0 saturated carbocycles. The Balaban J connectivity index is 2.00. The highest BCUT2D eigenvalue weighted by atomic mass is 32.1. The van der Waals surface area contributed by atoms with Crippen molar-refractivity contribution in [2.45, 2.75) is 6.92 Å². The number of benzene rings is 2. The molecule has 0 aliphatic heterocycles. The van der Waals surface area contributed by atoms with E-state index in [4.69, 9.17) is 4.74 Å². The third kappa shape index (κ3) is 1.85. The molecule has 2 aromatic carbocycles. The van der Waals surface area contributed by atoms with E-state index in [1.807, 2.05) is 23.5 Å². The maximum Gasteiger partial charge on any atom is 0.118 e. The van der Waals surface area contributed by atoms with Crippen LogP contribution in [0.1, 0.15) is 5.69 Å². The van der Waals surface area contributed by atoms with Crippen molar-refractivity contribution in [3.63, 3.8) is 0 Å². The molecule has 0 atom stereocenters. The normalized spacial score (nSPS) is 11.3. The summed E-state index contributed by atoms with van der Waals surface area (Å²) in [6, 6.07) is 19.1. The lowest BCUT2D eigenvalue weighted by Gasteiger charge is -2.01. The van der Waals surface area contributed by atoms with E-state index in [1.165, 1.54) is 31.9 Å². The van der Waals surface area contributed by atoms with Gasteiger partial charge in [-0.25, -0.2) is 0 Å². The summed E-state index contributed by atoms with van der Waals surface area (Å²) in [5.41, 5.74) is 5.08. The minimum atomic E-state index is 0.891. The predicted molar refractivity (Wildman–Crippen MR) is 89.5 cm³/mol. The van der Waals surface area contributed by atoms with E-state index in [2.05, 4.69) is 53.8 Å². The van der Waals surface area contributed by atoms with Crippen LogP contribution in [0.2, 0.25) is 0 Å². The molecule has 0 fully saturated rings. The van der Waals surface area contributed by atoms with Crippen LogP contribution >= 0.6 is 11.3 Å². The highest BCUT2D eigenvalue weighted by Crippen LogP contribution is 2.37. The molecule has 4 aromatic rings. The Morgan fingerprint density at radius 3 is 2.52 bits per heavy atom. The van der Waals surface area contributed by atoms with E-state index in [0.717, 1.165) is 5.75 Å². The zero-order chi connectivity index (χ0) is 14.4. The maximum absolute atomic E-state index is 5.24. The first kappa shape index (κ1) is 12.5. The molecule has 2 aromatic heterocycles. The maximum atomic E-state index is 5.24. The standard InChI is InChI=1S/C18H15NOS/c1-12-11-15(13-7-9-14(20-2)10-8-13)18-19(12)16-5-3-4-6-17(16)21-18/h3-11H,1-2H3. The number of methoxy groups -OCH3 is 1. The Morgan fingerprint density at radius 2 is 1.76 bits per heavy atom. The number of ether oxygens (including phenoxy) is 1. The molecule has 0 amide bonds. The van der Waals surface area contributed by atoms with Gasteiger partial charge in [0.1, 0.15) is 10.6 Å². The Kier molecular flexibility index (Phi) is 2.76. The minimum Gasteiger partial charge on any atom is -0.497 e. The molecule has 0 aliphatic carbocycles. The quantitative estimate of drug-likeness (QED) is 0.499. The molecule has 0 spiro atoms. The van der Waals surface area contributed by atoms with Crippen molar-refractivity contribution in [2.75, 3.05) is 7.11 Å².